The normalized spacial score (nSPS) is 22.9. The molecule has 1 saturated heterocycles. The van der Waals surface area contributed by atoms with Gasteiger partial charge in [-0.2, -0.15) is 0 Å². The topological polar surface area (TPSA) is 92.8 Å². The molecule has 0 saturated carbocycles. The van der Waals surface area contributed by atoms with E-state index >= 15 is 0 Å². The number of amides is 2. The van der Waals surface area contributed by atoms with E-state index in [1.54, 1.807) is 0 Å². The van der Waals surface area contributed by atoms with E-state index in [1.807, 2.05) is 55.2 Å². The molecule has 9 heteroatoms. The van der Waals surface area contributed by atoms with Gasteiger partial charge in [0.05, 0.1) is 25.4 Å². The zero-order valence-corrected chi connectivity index (χ0v) is 19.9. The van der Waals surface area contributed by atoms with Gasteiger partial charge in [0.25, 0.3) is 5.91 Å². The molecule has 1 unspecified atom stereocenters. The fourth-order valence-corrected chi connectivity index (χ4v) is 4.85. The molecular formula is C24H30N4O4S. The maximum Gasteiger partial charge on any atom is 0.254 e. The average molecular weight is 471 g/mol. The summed E-state index contributed by atoms with van der Waals surface area (Å²) in [5.41, 5.74) is 0.983. The summed E-state index contributed by atoms with van der Waals surface area (Å²) in [4.78, 5) is 33.2. The van der Waals surface area contributed by atoms with E-state index in [1.165, 1.54) is 11.3 Å². The number of allylic oxidation sites excluding steroid dienone is 1. The summed E-state index contributed by atoms with van der Waals surface area (Å²) >= 11 is 1.46. The Bertz CT molecular complexity index is 1020. The molecule has 4 rings (SSSR count). The molecule has 2 aliphatic heterocycles. The first-order valence-corrected chi connectivity index (χ1v) is 12.0. The molecule has 176 valence electrons. The molecule has 8 nitrogen and oxygen atoms in total. The first kappa shape index (κ1) is 23.4. The molecule has 2 N–H and O–H groups in total. The van der Waals surface area contributed by atoms with Gasteiger partial charge in [0.2, 0.25) is 5.91 Å². The molecule has 1 atom stereocenters. The van der Waals surface area contributed by atoms with E-state index in [0.717, 1.165) is 21.9 Å². The fraction of sp³-hybridized carbons (Fsp3) is 0.458. The third-order valence-corrected chi connectivity index (χ3v) is 6.88. The van der Waals surface area contributed by atoms with Crippen LogP contribution >= 0.6 is 11.3 Å². The zero-order valence-electron chi connectivity index (χ0n) is 19.1. The predicted molar refractivity (Wildman–Crippen MR) is 128 cm³/mol. The lowest BCUT2D eigenvalue weighted by atomic mass is 9.94. The Balaban J connectivity index is 1.43. The highest BCUT2D eigenvalue weighted by Gasteiger charge is 2.43. The Morgan fingerprint density at radius 1 is 1.27 bits per heavy atom. The fourth-order valence-electron chi connectivity index (χ4n) is 4.02. The molecule has 33 heavy (non-hydrogen) atoms. The Morgan fingerprint density at radius 3 is 2.94 bits per heavy atom. The Labute approximate surface area is 198 Å². The van der Waals surface area contributed by atoms with Gasteiger partial charge in [-0.3, -0.25) is 14.5 Å². The highest BCUT2D eigenvalue weighted by atomic mass is 32.1. The number of ether oxygens (including phenoxy) is 2. The van der Waals surface area contributed by atoms with E-state index < -0.39 is 5.60 Å². The molecular weight excluding hydrogens is 440 g/mol. The number of benzene rings is 1. The number of aryl methyl sites for hydroxylation is 2. The van der Waals surface area contributed by atoms with E-state index in [4.69, 9.17) is 9.47 Å². The molecule has 1 spiro atoms. The van der Waals surface area contributed by atoms with Crippen molar-refractivity contribution in [3.63, 3.8) is 0 Å². The van der Waals surface area contributed by atoms with Crippen LogP contribution in [0.15, 0.2) is 36.4 Å². The number of carbonyl (C=O) groups excluding carboxylic acids is 2. The molecule has 1 fully saturated rings. The lowest BCUT2D eigenvalue weighted by Crippen LogP contribution is -2.60. The van der Waals surface area contributed by atoms with Crippen LogP contribution in [0, 0.1) is 13.8 Å². The summed E-state index contributed by atoms with van der Waals surface area (Å²) < 4.78 is 11.9. The number of morpholine rings is 1. The van der Waals surface area contributed by atoms with E-state index in [9.17, 15) is 9.59 Å². The number of thiazole rings is 1. The van der Waals surface area contributed by atoms with Gasteiger partial charge in [0.15, 0.2) is 10.7 Å². The van der Waals surface area contributed by atoms with Crippen molar-refractivity contribution in [2.75, 3.05) is 44.7 Å². The van der Waals surface area contributed by atoms with Gasteiger partial charge >= 0.3 is 0 Å². The minimum Gasteiger partial charge on any atom is -0.491 e. The predicted octanol–water partition coefficient (Wildman–Crippen LogP) is 2.47. The quantitative estimate of drug-likeness (QED) is 0.670. The van der Waals surface area contributed by atoms with Crippen LogP contribution in [0.4, 0.5) is 5.13 Å². The number of para-hydroxylation sites is 1. The smallest absolute Gasteiger partial charge is 0.254 e. The maximum atomic E-state index is 13.2. The second-order valence-electron chi connectivity index (χ2n) is 8.35. The summed E-state index contributed by atoms with van der Waals surface area (Å²) in [6.07, 6.45) is 5.18. The van der Waals surface area contributed by atoms with Crippen LogP contribution in [-0.4, -0.2) is 66.7 Å². The molecule has 1 aromatic carbocycles. The third-order valence-electron chi connectivity index (χ3n) is 5.89. The summed E-state index contributed by atoms with van der Waals surface area (Å²) in [6.45, 7) is 6.13. The van der Waals surface area contributed by atoms with Gasteiger partial charge in [0.1, 0.15) is 12.4 Å². The summed E-state index contributed by atoms with van der Waals surface area (Å²) in [5.74, 6) is 0.513. The Hall–Kier alpha value is -2.75. The lowest BCUT2D eigenvalue weighted by Gasteiger charge is -2.41. The van der Waals surface area contributed by atoms with Crippen molar-refractivity contribution in [2.24, 2.45) is 0 Å². The lowest BCUT2D eigenvalue weighted by molar-refractivity contribution is -0.160. The second kappa shape index (κ2) is 10.5. The number of anilines is 1. The van der Waals surface area contributed by atoms with Crippen LogP contribution in [0.3, 0.4) is 0 Å². The number of carbonyl (C=O) groups is 2. The number of aromatic nitrogens is 1. The van der Waals surface area contributed by atoms with Crippen molar-refractivity contribution in [1.82, 2.24) is 15.2 Å². The Morgan fingerprint density at radius 2 is 2.12 bits per heavy atom. The largest absolute Gasteiger partial charge is 0.491 e. The first-order valence-electron chi connectivity index (χ1n) is 11.2. The first-order chi connectivity index (χ1) is 15.9. The van der Waals surface area contributed by atoms with Gasteiger partial charge in [-0.15, -0.1) is 11.3 Å². The minimum absolute atomic E-state index is 0.144. The van der Waals surface area contributed by atoms with Crippen LogP contribution < -0.4 is 15.4 Å². The number of fused-ring (bicyclic) bond motifs is 1. The van der Waals surface area contributed by atoms with E-state index in [0.29, 0.717) is 50.8 Å². The molecule has 0 bridgehead atoms. The summed E-state index contributed by atoms with van der Waals surface area (Å²) in [7, 11) is 0. The maximum absolute atomic E-state index is 13.2. The van der Waals surface area contributed by atoms with Gasteiger partial charge in [-0.05, 0) is 31.9 Å². The van der Waals surface area contributed by atoms with Crippen LogP contribution in [0.25, 0.3) is 0 Å². The van der Waals surface area contributed by atoms with Crippen molar-refractivity contribution < 1.29 is 19.1 Å². The highest BCUT2D eigenvalue weighted by molar-refractivity contribution is 7.15. The second-order valence-corrected chi connectivity index (χ2v) is 9.56. The van der Waals surface area contributed by atoms with Gasteiger partial charge in [-0.1, -0.05) is 30.4 Å². The number of hydrogen-bond acceptors (Lipinski definition) is 7. The molecule has 0 radical (unpaired) electrons. The molecule has 2 aromatic rings. The monoisotopic (exact) mass is 470 g/mol. The van der Waals surface area contributed by atoms with Gasteiger partial charge in [0, 0.05) is 24.4 Å². The molecule has 3 heterocycles. The van der Waals surface area contributed by atoms with Crippen molar-refractivity contribution in [3.8, 4) is 5.75 Å². The van der Waals surface area contributed by atoms with Gasteiger partial charge in [-0.25, -0.2) is 4.98 Å². The Kier molecular flexibility index (Phi) is 7.42. The van der Waals surface area contributed by atoms with Crippen LogP contribution in [0.5, 0.6) is 5.75 Å². The van der Waals surface area contributed by atoms with Crippen molar-refractivity contribution in [2.45, 2.75) is 32.3 Å². The SMILES string of the molecule is Cc1nc(NC(=O)CN2CCOC3(C/C=C/Cc4ccccc4OCCNC3=O)C2)sc1C. The molecule has 0 aliphatic carbocycles. The molecule has 2 aliphatic rings. The number of nitrogens with one attached hydrogen (secondary N) is 2. The zero-order chi connectivity index (χ0) is 23.3. The number of hydrogen-bond donors (Lipinski definition) is 2. The van der Waals surface area contributed by atoms with Gasteiger partial charge < -0.3 is 20.1 Å². The van der Waals surface area contributed by atoms with Crippen molar-refractivity contribution >= 4 is 28.3 Å². The number of nitrogens with zero attached hydrogens (tertiary/aromatic N) is 2. The van der Waals surface area contributed by atoms with Crippen molar-refractivity contribution in [3.05, 3.63) is 52.6 Å². The number of rotatable bonds is 3. The van der Waals surface area contributed by atoms with E-state index in [2.05, 4.69) is 15.6 Å². The van der Waals surface area contributed by atoms with Crippen molar-refractivity contribution in [1.29, 1.82) is 0 Å². The van der Waals surface area contributed by atoms with Crippen LogP contribution in [0.2, 0.25) is 0 Å². The van der Waals surface area contributed by atoms with Crippen LogP contribution in [0.1, 0.15) is 22.6 Å². The van der Waals surface area contributed by atoms with E-state index in [-0.39, 0.29) is 18.4 Å². The minimum atomic E-state index is -1.04. The standard InChI is InChI=1S/C24H30N4O4S/c1-17-18(2)33-23(26-17)27-21(29)15-28-12-14-32-24(16-28)10-6-5-8-19-7-3-4-9-20(19)31-13-11-25-22(24)30/h3-7,9H,8,10-16H2,1-2H3,(H,25,30)(H,26,27,29)/b6-5+. The summed E-state index contributed by atoms with van der Waals surface area (Å²) in [5, 5.41) is 6.43. The molecule has 1 aromatic heterocycles. The third kappa shape index (κ3) is 5.79. The summed E-state index contributed by atoms with van der Waals surface area (Å²) in [6, 6.07) is 7.93. The average Bonchev–Trinajstić information content (AvgIpc) is 3.10. The van der Waals surface area contributed by atoms with Crippen LogP contribution in [-0.2, 0) is 20.7 Å². The highest BCUT2D eigenvalue weighted by Crippen LogP contribution is 2.26. The molecule has 2 amide bonds.